The lowest BCUT2D eigenvalue weighted by molar-refractivity contribution is -0.111. The minimum atomic E-state index is -0.495. The maximum Gasteiger partial charge on any atom is 0.274 e. The van der Waals surface area contributed by atoms with Crippen LogP contribution in [0.25, 0.3) is 34.1 Å². The lowest BCUT2D eigenvalue weighted by Crippen LogP contribution is -2.19. The second-order valence-corrected chi connectivity index (χ2v) is 6.74. The number of carbonyl (C=O) groups excluding carboxylic acids is 1. The molecule has 0 aliphatic rings. The van der Waals surface area contributed by atoms with Crippen LogP contribution in [0.1, 0.15) is 5.76 Å². The number of carbonyl (C=O) groups is 1. The smallest absolute Gasteiger partial charge is 0.274 e. The Labute approximate surface area is 180 Å². The Morgan fingerprint density at radius 1 is 1.09 bits per heavy atom. The number of hydrogen-bond acceptors (Lipinski definition) is 7. The Hall–Kier alpha value is -4.86. The molecule has 0 unspecified atom stereocenters. The van der Waals surface area contributed by atoms with Crippen LogP contribution < -0.4 is 10.9 Å². The third-order valence-corrected chi connectivity index (χ3v) is 4.68. The summed E-state index contributed by atoms with van der Waals surface area (Å²) in [6.45, 7) is 0. The number of fused-ring (bicyclic) bond motifs is 1. The number of nitrogens with one attached hydrogen (secondary N) is 2. The van der Waals surface area contributed by atoms with Crippen molar-refractivity contribution in [1.29, 1.82) is 0 Å². The third kappa shape index (κ3) is 3.67. The van der Waals surface area contributed by atoms with E-state index < -0.39 is 5.91 Å². The summed E-state index contributed by atoms with van der Waals surface area (Å²) in [6.07, 6.45) is 4.37. The van der Waals surface area contributed by atoms with Gasteiger partial charge in [0.25, 0.3) is 11.5 Å². The third-order valence-electron chi connectivity index (χ3n) is 4.68. The molecule has 0 atom stereocenters. The maximum absolute atomic E-state index is 13.3. The number of H-pyrrole nitrogens is 1. The molecule has 0 saturated heterocycles. The van der Waals surface area contributed by atoms with Gasteiger partial charge in [-0.25, -0.2) is 4.98 Å². The molecule has 0 aliphatic carbocycles. The van der Waals surface area contributed by atoms with Crippen molar-refractivity contribution in [3.05, 3.63) is 89.4 Å². The molecule has 3 heterocycles. The Kier molecular flexibility index (Phi) is 4.85. The fourth-order valence-corrected chi connectivity index (χ4v) is 3.19. The minimum absolute atomic E-state index is 0.129. The quantitative estimate of drug-likeness (QED) is 0.414. The summed E-state index contributed by atoms with van der Waals surface area (Å²) in [7, 11) is 0. The average molecular weight is 425 g/mol. The Morgan fingerprint density at radius 3 is 2.78 bits per heavy atom. The number of amides is 1. The largest absolute Gasteiger partial charge is 0.465 e. The van der Waals surface area contributed by atoms with Crippen LogP contribution in [0.15, 0.2) is 82.5 Å². The van der Waals surface area contributed by atoms with E-state index >= 15 is 0 Å². The van der Waals surface area contributed by atoms with E-state index in [1.54, 1.807) is 30.3 Å². The molecule has 2 N–H and O–H groups in total. The first-order chi connectivity index (χ1) is 15.7. The SMILES string of the molecule is O=C(Nc1ccc2nc[nH]c(=O)c2c1)/C(=C/c1ccco1)n1nnnc1-c1ccccc1. The van der Waals surface area contributed by atoms with Crippen LogP contribution in [0.4, 0.5) is 5.69 Å². The topological polar surface area (TPSA) is 132 Å². The highest BCUT2D eigenvalue weighted by Crippen LogP contribution is 2.22. The zero-order valence-electron chi connectivity index (χ0n) is 16.5. The molecule has 0 radical (unpaired) electrons. The lowest BCUT2D eigenvalue weighted by Gasteiger charge is -2.11. The number of nitrogens with zero attached hydrogens (tertiary/aromatic N) is 5. The van der Waals surface area contributed by atoms with E-state index in [1.807, 2.05) is 30.3 Å². The Balaban J connectivity index is 1.56. The predicted octanol–water partition coefficient (Wildman–Crippen LogP) is 2.81. The number of furan rings is 1. The van der Waals surface area contributed by atoms with Gasteiger partial charge in [0.05, 0.1) is 23.5 Å². The summed E-state index contributed by atoms with van der Waals surface area (Å²) in [6, 6.07) is 17.6. The van der Waals surface area contributed by atoms with Crippen molar-refractivity contribution in [1.82, 2.24) is 30.2 Å². The molecular weight excluding hydrogens is 410 g/mol. The number of rotatable bonds is 5. The van der Waals surface area contributed by atoms with Gasteiger partial charge in [0.15, 0.2) is 5.82 Å². The van der Waals surface area contributed by atoms with Gasteiger partial charge in [-0.3, -0.25) is 9.59 Å². The first-order valence-electron chi connectivity index (χ1n) is 9.57. The van der Waals surface area contributed by atoms with Crippen molar-refractivity contribution in [3.8, 4) is 11.4 Å². The van der Waals surface area contributed by atoms with E-state index in [-0.39, 0.29) is 11.3 Å². The molecule has 32 heavy (non-hydrogen) atoms. The number of hydrogen-bond donors (Lipinski definition) is 2. The van der Waals surface area contributed by atoms with Crippen LogP contribution in [0.2, 0.25) is 0 Å². The maximum atomic E-state index is 13.3. The van der Waals surface area contributed by atoms with Crippen molar-refractivity contribution in [2.24, 2.45) is 0 Å². The molecule has 2 aromatic carbocycles. The lowest BCUT2D eigenvalue weighted by atomic mass is 10.2. The summed E-state index contributed by atoms with van der Waals surface area (Å²) >= 11 is 0. The highest BCUT2D eigenvalue weighted by atomic mass is 16.3. The zero-order valence-corrected chi connectivity index (χ0v) is 16.5. The van der Waals surface area contributed by atoms with E-state index in [1.165, 1.54) is 23.3 Å². The molecule has 156 valence electrons. The average Bonchev–Trinajstić information content (AvgIpc) is 3.51. The van der Waals surface area contributed by atoms with Gasteiger partial charge < -0.3 is 14.7 Å². The number of tetrazole rings is 1. The Bertz CT molecular complexity index is 1490. The monoisotopic (exact) mass is 425 g/mol. The van der Waals surface area contributed by atoms with Gasteiger partial charge in [-0.1, -0.05) is 30.3 Å². The van der Waals surface area contributed by atoms with Crippen molar-refractivity contribution in [2.45, 2.75) is 0 Å². The second kappa shape index (κ2) is 8.11. The molecule has 5 aromatic rings. The molecule has 10 nitrogen and oxygen atoms in total. The molecule has 5 rings (SSSR count). The summed E-state index contributed by atoms with van der Waals surface area (Å²) in [5.41, 5.74) is 1.50. The van der Waals surface area contributed by atoms with E-state index in [4.69, 9.17) is 4.42 Å². The van der Waals surface area contributed by atoms with Gasteiger partial charge in [-0.2, -0.15) is 4.68 Å². The molecule has 3 aromatic heterocycles. The van der Waals surface area contributed by atoms with Crippen LogP contribution in [-0.4, -0.2) is 36.1 Å². The van der Waals surface area contributed by atoms with E-state index in [2.05, 4.69) is 30.8 Å². The van der Waals surface area contributed by atoms with Crippen LogP contribution in [0.5, 0.6) is 0 Å². The van der Waals surface area contributed by atoms with Crippen molar-refractivity contribution >= 4 is 34.3 Å². The molecular formula is C22H15N7O3. The number of benzene rings is 2. The highest BCUT2D eigenvalue weighted by molar-refractivity contribution is 6.24. The highest BCUT2D eigenvalue weighted by Gasteiger charge is 2.20. The van der Waals surface area contributed by atoms with Crippen molar-refractivity contribution in [2.75, 3.05) is 5.32 Å². The fraction of sp³-hybridized carbons (Fsp3) is 0. The van der Waals surface area contributed by atoms with E-state index in [0.29, 0.717) is 28.2 Å². The first-order valence-corrected chi connectivity index (χ1v) is 9.57. The standard InChI is InChI=1S/C22H15N7O3/c30-21-17-11-15(8-9-18(17)23-13-24-21)25-22(31)19(12-16-7-4-10-32-16)29-20(26-27-28-29)14-5-2-1-3-6-14/h1-13H,(H,25,31)(H,23,24,30)/b19-12-. The Morgan fingerprint density at radius 2 is 1.97 bits per heavy atom. The van der Waals surface area contributed by atoms with Gasteiger partial charge in [-0.15, -0.1) is 5.10 Å². The van der Waals surface area contributed by atoms with E-state index in [9.17, 15) is 9.59 Å². The minimum Gasteiger partial charge on any atom is -0.465 e. The molecule has 10 heteroatoms. The predicted molar refractivity (Wildman–Crippen MR) is 117 cm³/mol. The fourth-order valence-electron chi connectivity index (χ4n) is 3.19. The van der Waals surface area contributed by atoms with Crippen LogP contribution >= 0.6 is 0 Å². The van der Waals surface area contributed by atoms with Crippen LogP contribution in [-0.2, 0) is 4.79 Å². The second-order valence-electron chi connectivity index (χ2n) is 6.74. The normalized spacial score (nSPS) is 11.6. The first kappa shape index (κ1) is 19.1. The number of anilines is 1. The summed E-state index contributed by atoms with van der Waals surface area (Å²) in [5.74, 6) is 0.340. The van der Waals surface area contributed by atoms with Crippen molar-refractivity contribution in [3.63, 3.8) is 0 Å². The summed E-state index contributed by atoms with van der Waals surface area (Å²) in [4.78, 5) is 32.0. The molecule has 0 bridgehead atoms. The number of aromatic amines is 1. The van der Waals surface area contributed by atoms with Crippen molar-refractivity contribution < 1.29 is 9.21 Å². The molecule has 1 amide bonds. The van der Waals surface area contributed by atoms with Gasteiger partial charge >= 0.3 is 0 Å². The van der Waals surface area contributed by atoms with Gasteiger partial charge in [-0.05, 0) is 40.8 Å². The van der Waals surface area contributed by atoms with Crippen LogP contribution in [0, 0.1) is 0 Å². The molecule has 0 aliphatic heterocycles. The van der Waals surface area contributed by atoms with Gasteiger partial charge in [0, 0.05) is 17.3 Å². The van der Waals surface area contributed by atoms with Gasteiger partial charge in [0.1, 0.15) is 11.5 Å². The summed E-state index contributed by atoms with van der Waals surface area (Å²) in [5, 5.41) is 15.0. The molecule has 0 fully saturated rings. The number of aromatic nitrogens is 6. The summed E-state index contributed by atoms with van der Waals surface area (Å²) < 4.78 is 6.73. The van der Waals surface area contributed by atoms with Crippen LogP contribution in [0.3, 0.4) is 0 Å². The molecule has 0 spiro atoms. The zero-order chi connectivity index (χ0) is 21.9. The van der Waals surface area contributed by atoms with E-state index in [0.717, 1.165) is 5.56 Å². The van der Waals surface area contributed by atoms with Gasteiger partial charge in [0.2, 0.25) is 0 Å². The molecule has 0 saturated carbocycles.